The van der Waals surface area contributed by atoms with E-state index in [0.29, 0.717) is 0 Å². The van der Waals surface area contributed by atoms with Crippen molar-refractivity contribution < 1.29 is 24.8 Å². The third kappa shape index (κ3) is 3.24. The Morgan fingerprint density at radius 2 is 1.57 bits per heavy atom. The summed E-state index contributed by atoms with van der Waals surface area (Å²) in [4.78, 5) is 11.3. The molecule has 4 N–H and O–H groups in total. The van der Waals surface area contributed by atoms with E-state index in [1.165, 1.54) is 24.3 Å². The predicted molar refractivity (Wildman–Crippen MR) is 74.7 cm³/mol. The minimum atomic E-state index is -0.580. The molecule has 0 aliphatic heterocycles. The smallest absolute Gasteiger partial charge is 0.201 e. The maximum atomic E-state index is 11.3. The van der Waals surface area contributed by atoms with Crippen LogP contribution in [0.4, 0.5) is 0 Å². The third-order valence-electron chi connectivity index (χ3n) is 2.63. The van der Waals surface area contributed by atoms with E-state index in [2.05, 4.69) is 0 Å². The van der Waals surface area contributed by atoms with Crippen LogP contribution >= 0.6 is 0 Å². The van der Waals surface area contributed by atoms with E-state index in [4.69, 9.17) is 4.42 Å². The van der Waals surface area contributed by atoms with Gasteiger partial charge in [0.25, 0.3) is 0 Å². The topological polar surface area (TPSA) is 111 Å². The first kappa shape index (κ1) is 14.3. The summed E-state index contributed by atoms with van der Waals surface area (Å²) in [6.45, 7) is 0. The molecule has 6 heteroatoms. The van der Waals surface area contributed by atoms with E-state index < -0.39 is 17.2 Å². The van der Waals surface area contributed by atoms with Gasteiger partial charge in [0, 0.05) is 11.6 Å². The molecule has 1 aromatic heterocycles. The van der Waals surface area contributed by atoms with Gasteiger partial charge in [0.15, 0.2) is 28.4 Å². The Morgan fingerprint density at radius 3 is 2.29 bits per heavy atom. The first-order chi connectivity index (χ1) is 9.99. The van der Waals surface area contributed by atoms with Gasteiger partial charge < -0.3 is 24.8 Å². The summed E-state index contributed by atoms with van der Waals surface area (Å²) in [5.74, 6) is -2.04. The zero-order valence-electron chi connectivity index (χ0n) is 10.7. The molecule has 6 nitrogen and oxygen atoms in total. The molecule has 0 aliphatic carbocycles. The summed E-state index contributed by atoms with van der Waals surface area (Å²) in [6.07, 6.45) is 1.04. The van der Waals surface area contributed by atoms with Crippen LogP contribution in [0.1, 0.15) is 0 Å². The van der Waals surface area contributed by atoms with Crippen molar-refractivity contribution >= 4 is 0 Å². The van der Waals surface area contributed by atoms with E-state index >= 15 is 0 Å². The van der Waals surface area contributed by atoms with Gasteiger partial charge in [-0.2, -0.15) is 0 Å². The molecule has 0 saturated heterocycles. The van der Waals surface area contributed by atoms with Crippen LogP contribution in [0.25, 0.3) is 11.3 Å². The average Bonchev–Trinajstić information content (AvgIpc) is 2.45. The van der Waals surface area contributed by atoms with Gasteiger partial charge >= 0.3 is 0 Å². The fraction of sp³-hybridized carbons (Fsp3) is 0. The lowest BCUT2D eigenvalue weighted by molar-refractivity contribution is 0.391. The van der Waals surface area contributed by atoms with Crippen LogP contribution in [0.2, 0.25) is 0 Å². The Kier molecular flexibility index (Phi) is 3.99. The number of phenolic OH excluding ortho intramolecular Hbond substituents is 2. The zero-order valence-corrected chi connectivity index (χ0v) is 10.7. The molecule has 108 valence electrons. The van der Waals surface area contributed by atoms with Gasteiger partial charge in [-0.1, -0.05) is 6.07 Å². The predicted octanol–water partition coefficient (Wildman–Crippen LogP) is 2.25. The number of hydrogen-bond acceptors (Lipinski definition) is 6. The van der Waals surface area contributed by atoms with Crippen LogP contribution in [0, 0.1) is 0 Å². The van der Waals surface area contributed by atoms with Gasteiger partial charge in [-0.25, -0.2) is 0 Å². The number of aromatic hydroxyl groups is 4. The van der Waals surface area contributed by atoms with Crippen LogP contribution in [-0.4, -0.2) is 20.4 Å². The lowest BCUT2D eigenvalue weighted by atomic mass is 10.1. The van der Waals surface area contributed by atoms with Crippen LogP contribution in [0.15, 0.2) is 57.9 Å². The molecular weight excluding hydrogens is 276 g/mol. The Hall–Kier alpha value is -3.15. The maximum absolute atomic E-state index is 11.3. The highest BCUT2D eigenvalue weighted by Crippen LogP contribution is 2.37. The summed E-state index contributed by atoms with van der Waals surface area (Å²) in [6, 6.07) is 8.41. The highest BCUT2D eigenvalue weighted by Gasteiger charge is 2.11. The number of phenols is 2. The zero-order chi connectivity index (χ0) is 15.4. The van der Waals surface area contributed by atoms with E-state index in [9.17, 15) is 25.2 Å². The SMILES string of the molecule is O=c1cccc(O)c(O)c(-c2ccc(O)c(O)c2)occ1. The second-order valence-corrected chi connectivity index (χ2v) is 4.12. The van der Waals surface area contributed by atoms with Crippen LogP contribution < -0.4 is 5.43 Å². The molecule has 0 saturated carbocycles. The van der Waals surface area contributed by atoms with Crippen LogP contribution in [0.3, 0.4) is 0 Å². The lowest BCUT2D eigenvalue weighted by Crippen LogP contribution is -1.89. The molecular formula is C15H12O6. The van der Waals surface area contributed by atoms with Crippen molar-refractivity contribution in [3.8, 4) is 34.3 Å². The lowest BCUT2D eigenvalue weighted by Gasteiger charge is -2.04. The normalized spacial score (nSPS) is 9.90. The quantitative estimate of drug-likeness (QED) is 0.599. The third-order valence-corrected chi connectivity index (χ3v) is 2.63. The first-order valence-corrected chi connectivity index (χ1v) is 5.89. The van der Waals surface area contributed by atoms with Crippen LogP contribution in [0.5, 0.6) is 23.0 Å². The van der Waals surface area contributed by atoms with Crippen molar-refractivity contribution in [3.05, 3.63) is 59.0 Å². The summed E-state index contributed by atoms with van der Waals surface area (Å²) >= 11 is 0. The molecule has 2 aromatic rings. The van der Waals surface area contributed by atoms with Gasteiger partial charge in [-0.15, -0.1) is 0 Å². The molecule has 0 unspecified atom stereocenters. The van der Waals surface area contributed by atoms with E-state index in [1.54, 1.807) is 0 Å². The highest BCUT2D eigenvalue weighted by molar-refractivity contribution is 5.68. The Balaban J connectivity index is 2.77. The average molecular weight is 288 g/mol. The van der Waals surface area contributed by atoms with E-state index in [-0.39, 0.29) is 22.5 Å². The van der Waals surface area contributed by atoms with Crippen molar-refractivity contribution in [3.63, 3.8) is 0 Å². The van der Waals surface area contributed by atoms with E-state index in [0.717, 1.165) is 24.5 Å². The van der Waals surface area contributed by atoms with Gasteiger partial charge in [0.1, 0.15) is 0 Å². The monoisotopic (exact) mass is 288 g/mol. The van der Waals surface area contributed by atoms with E-state index in [1.807, 2.05) is 0 Å². The number of rotatable bonds is 1. The van der Waals surface area contributed by atoms with Crippen molar-refractivity contribution in [2.75, 3.05) is 0 Å². The molecule has 0 spiro atoms. The van der Waals surface area contributed by atoms with Crippen molar-refractivity contribution in [2.45, 2.75) is 0 Å². The molecule has 0 amide bonds. The van der Waals surface area contributed by atoms with Crippen molar-refractivity contribution in [2.24, 2.45) is 0 Å². The Morgan fingerprint density at radius 1 is 0.810 bits per heavy atom. The summed E-state index contributed by atoms with van der Waals surface area (Å²) in [5, 5.41) is 38.5. The molecule has 21 heavy (non-hydrogen) atoms. The second kappa shape index (κ2) is 5.87. The Labute approximate surface area is 119 Å². The molecule has 2 rings (SSSR count). The summed E-state index contributed by atoms with van der Waals surface area (Å²) in [7, 11) is 0. The molecule has 0 bridgehead atoms. The fourth-order valence-corrected chi connectivity index (χ4v) is 1.58. The minimum absolute atomic E-state index is 0.182. The second-order valence-electron chi connectivity index (χ2n) is 4.12. The molecule has 1 heterocycles. The van der Waals surface area contributed by atoms with Gasteiger partial charge in [-0.05, 0) is 30.3 Å². The molecule has 0 radical (unpaired) electrons. The fourth-order valence-electron chi connectivity index (χ4n) is 1.58. The Bertz CT molecular complexity index is 777. The van der Waals surface area contributed by atoms with Gasteiger partial charge in [-0.3, -0.25) is 4.79 Å². The molecule has 0 fully saturated rings. The minimum Gasteiger partial charge on any atom is -0.504 e. The van der Waals surface area contributed by atoms with Crippen LogP contribution in [-0.2, 0) is 0 Å². The van der Waals surface area contributed by atoms with Crippen molar-refractivity contribution in [1.82, 2.24) is 0 Å². The van der Waals surface area contributed by atoms with Gasteiger partial charge in [0.2, 0.25) is 5.75 Å². The number of hydrogen-bond donors (Lipinski definition) is 4. The molecule has 0 aliphatic rings. The maximum Gasteiger partial charge on any atom is 0.201 e. The summed E-state index contributed by atoms with van der Waals surface area (Å²) in [5.41, 5.74) is -0.169. The summed E-state index contributed by atoms with van der Waals surface area (Å²) < 4.78 is 5.15. The largest absolute Gasteiger partial charge is 0.504 e. The molecule has 0 atom stereocenters. The highest BCUT2D eigenvalue weighted by atomic mass is 16.4. The van der Waals surface area contributed by atoms with Gasteiger partial charge in [0.05, 0.1) is 6.26 Å². The first-order valence-electron chi connectivity index (χ1n) is 5.89. The molecule has 1 aromatic carbocycles. The number of benzene rings is 1. The standard InChI is InChI=1S/C15H12O6/c16-10-2-1-3-12(18)14(20)15(21-7-6-10)9-4-5-11(17)13(19)8-9/h1-8,17-20H. The van der Waals surface area contributed by atoms with Crippen molar-refractivity contribution in [1.29, 1.82) is 0 Å².